The molecule has 0 atom stereocenters. The van der Waals surface area contributed by atoms with Gasteiger partial charge in [0, 0.05) is 0 Å². The first-order chi connectivity index (χ1) is 17.5. The minimum Gasteiger partial charge on any atom is -0.507 e. The van der Waals surface area contributed by atoms with E-state index in [9.17, 15) is 19.5 Å². The molecule has 0 fully saturated rings. The summed E-state index contributed by atoms with van der Waals surface area (Å²) in [7, 11) is 0. The van der Waals surface area contributed by atoms with Crippen molar-refractivity contribution in [1.82, 2.24) is 5.43 Å². The van der Waals surface area contributed by atoms with Gasteiger partial charge < -0.3 is 14.6 Å². The Bertz CT molecular complexity index is 1420. The van der Waals surface area contributed by atoms with Gasteiger partial charge in [0.05, 0.1) is 22.9 Å². The van der Waals surface area contributed by atoms with E-state index in [1.807, 2.05) is 0 Å². The second kappa shape index (κ2) is 11.3. The number of nitrogens with zero attached hydrogens (tertiary/aromatic N) is 1. The smallest absolute Gasteiger partial charge is 0.343 e. The molecule has 0 heterocycles. The molecule has 0 saturated heterocycles. The molecule has 36 heavy (non-hydrogen) atoms. The molecule has 2 N–H and O–H groups in total. The van der Waals surface area contributed by atoms with E-state index >= 15 is 0 Å². The van der Waals surface area contributed by atoms with Crippen molar-refractivity contribution in [3.63, 3.8) is 0 Å². The van der Waals surface area contributed by atoms with E-state index < -0.39 is 17.8 Å². The minimum atomic E-state index is -0.644. The van der Waals surface area contributed by atoms with Crippen LogP contribution in [-0.2, 0) is 0 Å². The van der Waals surface area contributed by atoms with Crippen LogP contribution >= 0.6 is 0 Å². The SMILES string of the molecule is O=C(Oc1ccc(/C=N/NC(=O)c2ccccc2O)cc1OC(=O)c1ccccc1)c1ccccc1. The zero-order chi connectivity index (χ0) is 25.3. The maximum Gasteiger partial charge on any atom is 0.343 e. The molecule has 0 spiro atoms. The second-order valence-corrected chi connectivity index (χ2v) is 7.43. The number of benzene rings is 4. The summed E-state index contributed by atoms with van der Waals surface area (Å²) < 4.78 is 11.0. The molecule has 0 radical (unpaired) electrons. The first-order valence-electron chi connectivity index (χ1n) is 10.8. The molecule has 1 amide bonds. The molecule has 4 rings (SSSR count). The molecule has 0 aliphatic heterocycles. The second-order valence-electron chi connectivity index (χ2n) is 7.43. The minimum absolute atomic E-state index is 0.0101. The molecule has 0 saturated carbocycles. The number of hydrazone groups is 1. The average Bonchev–Trinajstić information content (AvgIpc) is 2.91. The lowest BCUT2D eigenvalue weighted by Gasteiger charge is -2.11. The Kier molecular flexibility index (Phi) is 7.47. The lowest BCUT2D eigenvalue weighted by atomic mass is 10.2. The molecule has 8 heteroatoms. The predicted octanol–water partition coefficient (Wildman–Crippen LogP) is 4.59. The summed E-state index contributed by atoms with van der Waals surface area (Å²) in [6.07, 6.45) is 1.32. The first-order valence-corrected chi connectivity index (χ1v) is 10.8. The van der Waals surface area contributed by atoms with E-state index in [2.05, 4.69) is 10.5 Å². The molecule has 0 aliphatic rings. The Labute approximate surface area is 206 Å². The molecular formula is C28H20N2O6. The van der Waals surface area contributed by atoms with Crippen LogP contribution in [0.25, 0.3) is 0 Å². The number of hydrogen-bond donors (Lipinski definition) is 2. The number of carbonyl (C=O) groups excluding carboxylic acids is 3. The molecule has 0 unspecified atom stereocenters. The third kappa shape index (κ3) is 6.00. The zero-order valence-electron chi connectivity index (χ0n) is 18.8. The van der Waals surface area contributed by atoms with Crippen molar-refractivity contribution in [2.45, 2.75) is 0 Å². The van der Waals surface area contributed by atoms with Crippen LogP contribution in [0.5, 0.6) is 17.2 Å². The number of aromatic hydroxyl groups is 1. The molecule has 4 aromatic carbocycles. The predicted molar refractivity (Wildman–Crippen MR) is 132 cm³/mol. The molecule has 0 bridgehead atoms. The van der Waals surface area contributed by atoms with Crippen molar-refractivity contribution in [1.29, 1.82) is 0 Å². The Morgan fingerprint density at radius 2 is 1.25 bits per heavy atom. The number of nitrogens with one attached hydrogen (secondary N) is 1. The van der Waals surface area contributed by atoms with E-state index in [1.165, 1.54) is 30.5 Å². The van der Waals surface area contributed by atoms with Crippen molar-refractivity contribution in [2.24, 2.45) is 5.10 Å². The van der Waals surface area contributed by atoms with Gasteiger partial charge in [-0.3, -0.25) is 4.79 Å². The zero-order valence-corrected chi connectivity index (χ0v) is 18.8. The normalized spacial score (nSPS) is 10.6. The highest BCUT2D eigenvalue weighted by atomic mass is 16.6. The highest BCUT2D eigenvalue weighted by Gasteiger charge is 2.17. The van der Waals surface area contributed by atoms with Crippen molar-refractivity contribution >= 4 is 24.1 Å². The Balaban J connectivity index is 1.56. The summed E-state index contributed by atoms with van der Waals surface area (Å²) in [6.45, 7) is 0. The Hall–Kier alpha value is -5.24. The van der Waals surface area contributed by atoms with Crippen LogP contribution in [0.2, 0.25) is 0 Å². The average molecular weight is 480 g/mol. The van der Waals surface area contributed by atoms with Crippen molar-refractivity contribution in [3.05, 3.63) is 125 Å². The van der Waals surface area contributed by atoms with Gasteiger partial charge in [-0.2, -0.15) is 5.10 Å². The number of esters is 2. The molecule has 0 aromatic heterocycles. The fraction of sp³-hybridized carbons (Fsp3) is 0. The van der Waals surface area contributed by atoms with Crippen LogP contribution in [0.3, 0.4) is 0 Å². The van der Waals surface area contributed by atoms with Gasteiger partial charge in [-0.25, -0.2) is 15.0 Å². The standard InChI is InChI=1S/C28H20N2O6/c31-23-14-8-7-13-22(23)26(32)30-29-18-19-15-16-24(35-27(33)20-9-3-1-4-10-20)25(17-19)36-28(34)21-11-5-2-6-12-21/h1-18,31H,(H,30,32)/b29-18+. The van der Waals surface area contributed by atoms with Crippen LogP contribution in [-0.4, -0.2) is 29.2 Å². The van der Waals surface area contributed by atoms with Crippen LogP contribution in [0.4, 0.5) is 0 Å². The van der Waals surface area contributed by atoms with Crippen molar-refractivity contribution in [3.8, 4) is 17.2 Å². The van der Waals surface area contributed by atoms with E-state index in [1.54, 1.807) is 78.9 Å². The van der Waals surface area contributed by atoms with Crippen LogP contribution in [0.15, 0.2) is 108 Å². The maximum absolute atomic E-state index is 12.6. The molecule has 8 nitrogen and oxygen atoms in total. The topological polar surface area (TPSA) is 114 Å². The lowest BCUT2D eigenvalue weighted by Crippen LogP contribution is -2.17. The first kappa shape index (κ1) is 23.9. The number of hydrogen-bond acceptors (Lipinski definition) is 7. The highest BCUT2D eigenvalue weighted by molar-refractivity contribution is 5.97. The summed E-state index contributed by atoms with van der Waals surface area (Å²) in [5, 5.41) is 13.7. The summed E-state index contributed by atoms with van der Waals surface area (Å²) >= 11 is 0. The summed E-state index contributed by atoms with van der Waals surface area (Å²) in [5.41, 5.74) is 3.47. The van der Waals surface area contributed by atoms with Gasteiger partial charge in [0.1, 0.15) is 5.75 Å². The number of rotatable bonds is 7. The molecule has 178 valence electrons. The van der Waals surface area contributed by atoms with Gasteiger partial charge in [0.25, 0.3) is 5.91 Å². The molecule has 0 aliphatic carbocycles. The van der Waals surface area contributed by atoms with Gasteiger partial charge >= 0.3 is 11.9 Å². The number of para-hydroxylation sites is 1. The highest BCUT2D eigenvalue weighted by Crippen LogP contribution is 2.30. The monoisotopic (exact) mass is 480 g/mol. The number of ether oxygens (including phenoxy) is 2. The number of amides is 1. The maximum atomic E-state index is 12.6. The fourth-order valence-electron chi connectivity index (χ4n) is 3.13. The summed E-state index contributed by atoms with van der Waals surface area (Å²) in [4.78, 5) is 37.4. The largest absolute Gasteiger partial charge is 0.507 e. The van der Waals surface area contributed by atoms with E-state index in [0.717, 1.165) is 0 Å². The van der Waals surface area contributed by atoms with Crippen LogP contribution in [0, 0.1) is 0 Å². The van der Waals surface area contributed by atoms with Gasteiger partial charge in [0.2, 0.25) is 0 Å². The van der Waals surface area contributed by atoms with E-state index in [4.69, 9.17) is 9.47 Å². The number of phenols is 1. The van der Waals surface area contributed by atoms with E-state index in [-0.39, 0.29) is 22.8 Å². The Morgan fingerprint density at radius 1 is 0.694 bits per heavy atom. The lowest BCUT2D eigenvalue weighted by molar-refractivity contribution is 0.0682. The molecular weight excluding hydrogens is 460 g/mol. The van der Waals surface area contributed by atoms with Gasteiger partial charge in [-0.1, -0.05) is 48.5 Å². The number of phenolic OH excluding ortho intramolecular Hbond substituents is 1. The van der Waals surface area contributed by atoms with Gasteiger partial charge in [-0.05, 0) is 60.2 Å². The third-order valence-electron chi connectivity index (χ3n) is 4.92. The Morgan fingerprint density at radius 3 is 1.86 bits per heavy atom. The third-order valence-corrected chi connectivity index (χ3v) is 4.92. The van der Waals surface area contributed by atoms with Crippen molar-refractivity contribution < 1.29 is 29.0 Å². The van der Waals surface area contributed by atoms with Gasteiger partial charge in [0.15, 0.2) is 11.5 Å². The van der Waals surface area contributed by atoms with Crippen LogP contribution in [0.1, 0.15) is 36.6 Å². The van der Waals surface area contributed by atoms with Crippen molar-refractivity contribution in [2.75, 3.05) is 0 Å². The number of carbonyl (C=O) groups is 3. The van der Waals surface area contributed by atoms with Gasteiger partial charge in [-0.15, -0.1) is 0 Å². The fourth-order valence-corrected chi connectivity index (χ4v) is 3.13. The quantitative estimate of drug-likeness (QED) is 0.173. The molecule has 4 aromatic rings. The van der Waals surface area contributed by atoms with E-state index in [0.29, 0.717) is 16.7 Å². The summed E-state index contributed by atoms with van der Waals surface area (Å²) in [5.74, 6) is -2.02. The summed E-state index contributed by atoms with van der Waals surface area (Å²) in [6, 6.07) is 27.3. The van der Waals surface area contributed by atoms with Crippen LogP contribution < -0.4 is 14.9 Å².